The molecule has 5 nitrogen and oxygen atoms in total. The van der Waals surface area contributed by atoms with Gasteiger partial charge in [0, 0.05) is 32.2 Å². The van der Waals surface area contributed by atoms with Crippen LogP contribution in [0.3, 0.4) is 0 Å². The monoisotopic (exact) mass is 366 g/mol. The molecule has 0 aliphatic carbocycles. The van der Waals surface area contributed by atoms with E-state index in [1.165, 1.54) is 25.0 Å². The third kappa shape index (κ3) is 5.64. The Morgan fingerprint density at radius 2 is 1.92 bits per heavy atom. The van der Waals surface area contributed by atoms with E-state index in [1.54, 1.807) is 12.1 Å². The fraction of sp³-hybridized carbons (Fsp3) is 0.700. The van der Waals surface area contributed by atoms with Crippen LogP contribution in [0.2, 0.25) is 0 Å². The Bertz CT molecular complexity index is 546. The van der Waals surface area contributed by atoms with Crippen LogP contribution in [0.4, 0.5) is 4.39 Å². The van der Waals surface area contributed by atoms with Gasteiger partial charge in [-0.3, -0.25) is 9.80 Å². The molecule has 1 N–H and O–H groups in total. The largest absolute Gasteiger partial charge is 0.491 e. The van der Waals surface area contributed by atoms with Crippen LogP contribution < -0.4 is 4.74 Å². The number of rotatable bonds is 7. The molecule has 2 heterocycles. The van der Waals surface area contributed by atoms with Gasteiger partial charge in [0.25, 0.3) is 0 Å². The number of likely N-dealkylation sites (tertiary alicyclic amines) is 1. The molecule has 0 spiro atoms. The number of nitrogens with zero attached hydrogens (tertiary/aromatic N) is 2. The average Bonchev–Trinajstić information content (AvgIpc) is 3.00. The lowest BCUT2D eigenvalue weighted by molar-refractivity contribution is -0.0731. The van der Waals surface area contributed by atoms with E-state index < -0.39 is 6.10 Å². The number of morpholine rings is 1. The molecular formula is C20H31FN2O3. The summed E-state index contributed by atoms with van der Waals surface area (Å²) in [5.41, 5.74) is 0. The molecule has 0 radical (unpaired) electrons. The first-order valence-corrected chi connectivity index (χ1v) is 9.68. The molecule has 26 heavy (non-hydrogen) atoms. The molecule has 4 unspecified atom stereocenters. The first-order valence-electron chi connectivity index (χ1n) is 9.68. The smallest absolute Gasteiger partial charge is 0.123 e. The van der Waals surface area contributed by atoms with Gasteiger partial charge < -0.3 is 14.6 Å². The van der Waals surface area contributed by atoms with E-state index in [9.17, 15) is 9.50 Å². The Kier molecular flexibility index (Phi) is 6.86. The van der Waals surface area contributed by atoms with E-state index in [2.05, 4.69) is 23.6 Å². The van der Waals surface area contributed by atoms with Crippen LogP contribution in [0.25, 0.3) is 0 Å². The zero-order chi connectivity index (χ0) is 18.5. The fourth-order valence-corrected chi connectivity index (χ4v) is 4.12. The van der Waals surface area contributed by atoms with Crippen LogP contribution in [0.15, 0.2) is 24.3 Å². The summed E-state index contributed by atoms with van der Waals surface area (Å²) < 4.78 is 24.3. The van der Waals surface area contributed by atoms with Crippen molar-refractivity contribution >= 4 is 0 Å². The van der Waals surface area contributed by atoms with Gasteiger partial charge in [0.05, 0.1) is 12.2 Å². The number of hydrogen-bond acceptors (Lipinski definition) is 5. The predicted octanol–water partition coefficient (Wildman–Crippen LogP) is 2.14. The molecular weight excluding hydrogens is 335 g/mol. The van der Waals surface area contributed by atoms with Crippen molar-refractivity contribution in [1.82, 2.24) is 9.80 Å². The van der Waals surface area contributed by atoms with Gasteiger partial charge in [0.15, 0.2) is 0 Å². The third-order valence-electron chi connectivity index (χ3n) is 5.16. The van der Waals surface area contributed by atoms with Crippen molar-refractivity contribution in [3.05, 3.63) is 30.1 Å². The van der Waals surface area contributed by atoms with Crippen LogP contribution in [-0.2, 0) is 4.74 Å². The van der Waals surface area contributed by atoms with Crippen molar-refractivity contribution in [2.45, 2.75) is 51.0 Å². The maximum atomic E-state index is 12.9. The van der Waals surface area contributed by atoms with E-state index in [4.69, 9.17) is 9.47 Å². The van der Waals surface area contributed by atoms with E-state index in [0.717, 1.165) is 26.2 Å². The molecule has 0 saturated carbocycles. The van der Waals surface area contributed by atoms with E-state index >= 15 is 0 Å². The molecule has 2 aliphatic rings. The number of aliphatic hydroxyl groups is 1. The maximum Gasteiger partial charge on any atom is 0.123 e. The number of benzene rings is 1. The highest BCUT2D eigenvalue weighted by atomic mass is 19.1. The van der Waals surface area contributed by atoms with Gasteiger partial charge in [-0.1, -0.05) is 0 Å². The van der Waals surface area contributed by atoms with Crippen molar-refractivity contribution in [2.24, 2.45) is 0 Å². The molecule has 2 fully saturated rings. The molecule has 4 atom stereocenters. The second-order valence-corrected chi connectivity index (χ2v) is 7.69. The molecule has 3 rings (SSSR count). The van der Waals surface area contributed by atoms with E-state index in [0.29, 0.717) is 18.3 Å². The Hall–Kier alpha value is -1.21. The summed E-state index contributed by atoms with van der Waals surface area (Å²) in [6.07, 6.45) is 2.35. The summed E-state index contributed by atoms with van der Waals surface area (Å²) in [4.78, 5) is 4.87. The molecule has 2 saturated heterocycles. The summed E-state index contributed by atoms with van der Waals surface area (Å²) in [7, 11) is 0. The summed E-state index contributed by atoms with van der Waals surface area (Å²) in [5.74, 6) is 0.296. The lowest BCUT2D eigenvalue weighted by Crippen LogP contribution is -2.51. The predicted molar refractivity (Wildman–Crippen MR) is 98.9 cm³/mol. The van der Waals surface area contributed by atoms with Crippen molar-refractivity contribution < 1.29 is 19.0 Å². The third-order valence-corrected chi connectivity index (χ3v) is 5.16. The molecule has 6 heteroatoms. The molecule has 1 aromatic carbocycles. The first kappa shape index (κ1) is 19.5. The number of ether oxygens (including phenoxy) is 2. The van der Waals surface area contributed by atoms with Gasteiger partial charge in [-0.2, -0.15) is 0 Å². The van der Waals surface area contributed by atoms with Crippen LogP contribution >= 0.6 is 0 Å². The van der Waals surface area contributed by atoms with Crippen molar-refractivity contribution in [3.8, 4) is 5.75 Å². The summed E-state index contributed by atoms with van der Waals surface area (Å²) in [6.45, 7) is 9.10. The lowest BCUT2D eigenvalue weighted by atomic mass is 10.1. The van der Waals surface area contributed by atoms with Gasteiger partial charge in [0.1, 0.15) is 24.3 Å². The van der Waals surface area contributed by atoms with Crippen LogP contribution in [-0.4, -0.2) is 78.6 Å². The quantitative estimate of drug-likeness (QED) is 0.801. The van der Waals surface area contributed by atoms with Crippen molar-refractivity contribution in [2.75, 3.05) is 39.3 Å². The molecule has 0 bridgehead atoms. The molecule has 2 aliphatic heterocycles. The minimum Gasteiger partial charge on any atom is -0.491 e. The standard InChI is InChI=1S/C20H31FN2O3/c1-15-10-22(11-16(2)26-15)12-18-4-3-9-23(18)13-19(24)14-25-20-7-5-17(21)6-8-20/h5-8,15-16,18-19,24H,3-4,9-14H2,1-2H3. The Morgan fingerprint density at radius 1 is 1.23 bits per heavy atom. The minimum atomic E-state index is -0.553. The highest BCUT2D eigenvalue weighted by Crippen LogP contribution is 2.21. The molecule has 1 aromatic rings. The van der Waals surface area contributed by atoms with Gasteiger partial charge in [-0.15, -0.1) is 0 Å². The van der Waals surface area contributed by atoms with E-state index in [-0.39, 0.29) is 24.6 Å². The number of β-amino-alcohol motifs (C(OH)–C–C–N with tert-alkyl or cyclic N) is 1. The zero-order valence-corrected chi connectivity index (χ0v) is 15.8. The van der Waals surface area contributed by atoms with Gasteiger partial charge in [-0.25, -0.2) is 4.39 Å². The number of hydrogen-bond donors (Lipinski definition) is 1. The Morgan fingerprint density at radius 3 is 2.62 bits per heavy atom. The summed E-state index contributed by atoms with van der Waals surface area (Å²) >= 11 is 0. The number of aliphatic hydroxyl groups excluding tert-OH is 1. The van der Waals surface area contributed by atoms with Crippen molar-refractivity contribution in [1.29, 1.82) is 0 Å². The van der Waals surface area contributed by atoms with Gasteiger partial charge >= 0.3 is 0 Å². The fourth-order valence-electron chi connectivity index (χ4n) is 4.12. The second kappa shape index (κ2) is 9.13. The normalized spacial score (nSPS) is 29.0. The Labute approximate surface area is 155 Å². The maximum absolute atomic E-state index is 12.9. The van der Waals surface area contributed by atoms with Crippen molar-refractivity contribution in [3.63, 3.8) is 0 Å². The first-order chi connectivity index (χ1) is 12.5. The lowest BCUT2D eigenvalue weighted by Gasteiger charge is -2.38. The van der Waals surface area contributed by atoms with Crippen LogP contribution in [0.1, 0.15) is 26.7 Å². The molecule has 0 aromatic heterocycles. The second-order valence-electron chi connectivity index (χ2n) is 7.69. The summed E-state index contributed by atoms with van der Waals surface area (Å²) in [6, 6.07) is 6.38. The number of halogens is 1. The molecule has 0 amide bonds. The van der Waals surface area contributed by atoms with Gasteiger partial charge in [0.2, 0.25) is 0 Å². The summed E-state index contributed by atoms with van der Waals surface area (Å²) in [5, 5.41) is 10.4. The topological polar surface area (TPSA) is 45.2 Å². The average molecular weight is 366 g/mol. The zero-order valence-electron chi connectivity index (χ0n) is 15.8. The minimum absolute atomic E-state index is 0.223. The SMILES string of the molecule is CC1CN(CC2CCCN2CC(O)COc2ccc(F)cc2)CC(C)O1. The Balaban J connectivity index is 1.44. The van der Waals surface area contributed by atoms with E-state index in [1.807, 2.05) is 0 Å². The highest BCUT2D eigenvalue weighted by molar-refractivity contribution is 5.22. The van der Waals surface area contributed by atoms with Crippen LogP contribution in [0.5, 0.6) is 5.75 Å². The van der Waals surface area contributed by atoms with Crippen LogP contribution in [0, 0.1) is 5.82 Å². The highest BCUT2D eigenvalue weighted by Gasteiger charge is 2.30. The molecule has 146 valence electrons. The van der Waals surface area contributed by atoms with Gasteiger partial charge in [-0.05, 0) is 57.5 Å².